The molecule has 3 rings (SSSR count). The van der Waals surface area contributed by atoms with Crippen LogP contribution in [0, 0.1) is 0 Å². The summed E-state index contributed by atoms with van der Waals surface area (Å²) in [6.45, 7) is 15.1. The van der Waals surface area contributed by atoms with E-state index in [4.69, 9.17) is 4.74 Å². The molecule has 2 aromatic heterocycles. The molecule has 0 radical (unpaired) electrons. The van der Waals surface area contributed by atoms with E-state index in [9.17, 15) is 14.7 Å². The molecule has 10 nitrogen and oxygen atoms in total. The number of aromatic nitrogens is 4. The molecule has 0 bridgehead atoms. The summed E-state index contributed by atoms with van der Waals surface area (Å²) in [7, 11) is 0. The third-order valence-corrected chi connectivity index (χ3v) is 5.58. The molecule has 1 N–H and O–H groups in total. The number of anilines is 1. The minimum Gasteiger partial charge on any atom is -0.444 e. The average molecular weight is 435 g/mol. The Labute approximate surface area is 182 Å². The lowest BCUT2D eigenvalue weighted by Gasteiger charge is -2.44. The molecule has 0 unspecified atom stereocenters. The standard InChI is InChI=1S/C21H34N6O4/c1-8-24-15(12-28)22-16-17(23-19(29)25(9-2)18(16)24)26-10-14(4)27(11-13(26)3)20(30)31-21(5,6)7/h13-14,28H,8-12H2,1-7H3/t13-,14+/m0/s1. The van der Waals surface area contributed by atoms with Crippen LogP contribution < -0.4 is 10.6 Å². The molecule has 1 amide bonds. The summed E-state index contributed by atoms with van der Waals surface area (Å²) in [5, 5.41) is 9.80. The fourth-order valence-electron chi connectivity index (χ4n) is 4.14. The van der Waals surface area contributed by atoms with Crippen molar-refractivity contribution < 1.29 is 14.6 Å². The summed E-state index contributed by atoms with van der Waals surface area (Å²) in [4.78, 5) is 38.3. The summed E-state index contributed by atoms with van der Waals surface area (Å²) in [6.07, 6.45) is -0.344. The number of aliphatic hydroxyl groups excluding tert-OH is 1. The Morgan fingerprint density at radius 3 is 2.29 bits per heavy atom. The van der Waals surface area contributed by atoms with Crippen molar-refractivity contribution in [3.05, 3.63) is 16.3 Å². The lowest BCUT2D eigenvalue weighted by molar-refractivity contribution is 0.0130. The number of aliphatic hydroxyl groups is 1. The van der Waals surface area contributed by atoms with Gasteiger partial charge in [0, 0.05) is 38.3 Å². The molecule has 1 aliphatic rings. The van der Waals surface area contributed by atoms with Gasteiger partial charge in [-0.1, -0.05) is 0 Å². The van der Waals surface area contributed by atoms with Gasteiger partial charge < -0.3 is 24.2 Å². The van der Waals surface area contributed by atoms with Crippen molar-refractivity contribution in [1.82, 2.24) is 24.0 Å². The predicted molar refractivity (Wildman–Crippen MR) is 118 cm³/mol. The Morgan fingerprint density at radius 2 is 1.74 bits per heavy atom. The van der Waals surface area contributed by atoms with Crippen molar-refractivity contribution in [3.63, 3.8) is 0 Å². The van der Waals surface area contributed by atoms with E-state index in [0.717, 1.165) is 0 Å². The smallest absolute Gasteiger partial charge is 0.410 e. The Morgan fingerprint density at radius 1 is 1.10 bits per heavy atom. The highest BCUT2D eigenvalue weighted by Crippen LogP contribution is 2.29. The normalized spacial score (nSPS) is 19.9. The first-order chi connectivity index (χ1) is 14.5. The number of ether oxygens (including phenoxy) is 1. The zero-order valence-corrected chi connectivity index (χ0v) is 19.5. The van der Waals surface area contributed by atoms with Crippen LogP contribution in [-0.4, -0.2) is 66.0 Å². The van der Waals surface area contributed by atoms with E-state index in [1.165, 1.54) is 0 Å². The molecule has 0 spiro atoms. The molecule has 10 heteroatoms. The Balaban J connectivity index is 2.04. The second-order valence-corrected chi connectivity index (χ2v) is 9.05. The maximum Gasteiger partial charge on any atom is 0.410 e. The van der Waals surface area contributed by atoms with Gasteiger partial charge in [-0.05, 0) is 48.5 Å². The van der Waals surface area contributed by atoms with Crippen LogP contribution in [0.1, 0.15) is 54.3 Å². The summed E-state index contributed by atoms with van der Waals surface area (Å²) >= 11 is 0. The van der Waals surface area contributed by atoms with Crippen LogP contribution >= 0.6 is 0 Å². The zero-order chi connectivity index (χ0) is 23.1. The second kappa shape index (κ2) is 8.49. The number of nitrogens with zero attached hydrogens (tertiary/aromatic N) is 6. The molecule has 2 aromatic rings. The average Bonchev–Trinajstić information content (AvgIpc) is 3.06. The number of piperazine rings is 1. The van der Waals surface area contributed by atoms with Crippen LogP contribution in [0.2, 0.25) is 0 Å². The Kier molecular flexibility index (Phi) is 6.31. The van der Waals surface area contributed by atoms with E-state index in [-0.39, 0.29) is 30.5 Å². The SMILES string of the molecule is CCn1c(CO)nc2c(N3C[C@@H](C)N(C(=O)OC(C)(C)C)C[C@@H]3C)nc(=O)n(CC)c21. The van der Waals surface area contributed by atoms with Crippen LogP contribution in [0.5, 0.6) is 0 Å². The number of rotatable bonds is 4. The monoisotopic (exact) mass is 434 g/mol. The fraction of sp³-hybridized carbons (Fsp3) is 0.714. The summed E-state index contributed by atoms with van der Waals surface area (Å²) in [5.74, 6) is 0.997. The van der Waals surface area contributed by atoms with E-state index in [0.29, 0.717) is 49.0 Å². The van der Waals surface area contributed by atoms with Crippen molar-refractivity contribution in [3.8, 4) is 0 Å². The van der Waals surface area contributed by atoms with Gasteiger partial charge in [0.15, 0.2) is 5.82 Å². The van der Waals surface area contributed by atoms with Gasteiger partial charge in [0.2, 0.25) is 0 Å². The molecule has 1 fully saturated rings. The molecule has 3 heterocycles. The van der Waals surface area contributed by atoms with Crippen molar-refractivity contribution in [1.29, 1.82) is 0 Å². The van der Waals surface area contributed by atoms with Crippen LogP contribution in [0.4, 0.5) is 10.6 Å². The van der Waals surface area contributed by atoms with Gasteiger partial charge >= 0.3 is 11.8 Å². The molecule has 0 aliphatic carbocycles. The molecular weight excluding hydrogens is 400 g/mol. The molecule has 1 aliphatic heterocycles. The number of hydrogen-bond acceptors (Lipinski definition) is 7. The number of carbonyl (C=O) groups is 1. The number of hydrogen-bond donors (Lipinski definition) is 1. The third kappa shape index (κ3) is 4.26. The minimum absolute atomic E-state index is 0.0966. The van der Waals surface area contributed by atoms with Crippen molar-refractivity contribution >= 4 is 23.1 Å². The lowest BCUT2D eigenvalue weighted by atomic mass is 10.1. The first-order valence-electron chi connectivity index (χ1n) is 10.9. The van der Waals surface area contributed by atoms with E-state index in [1.807, 2.05) is 57.9 Å². The largest absolute Gasteiger partial charge is 0.444 e. The van der Waals surface area contributed by atoms with Crippen LogP contribution in [0.15, 0.2) is 4.79 Å². The highest BCUT2D eigenvalue weighted by Gasteiger charge is 2.36. The van der Waals surface area contributed by atoms with Gasteiger partial charge in [0.05, 0.1) is 0 Å². The van der Waals surface area contributed by atoms with Gasteiger partial charge in [-0.15, -0.1) is 0 Å². The number of carbonyl (C=O) groups excluding carboxylic acids is 1. The molecular formula is C21H34N6O4. The van der Waals surface area contributed by atoms with Gasteiger partial charge in [-0.3, -0.25) is 4.57 Å². The van der Waals surface area contributed by atoms with Crippen molar-refractivity contribution in [2.24, 2.45) is 0 Å². The van der Waals surface area contributed by atoms with E-state index in [1.54, 1.807) is 9.47 Å². The Hall–Kier alpha value is -2.62. The van der Waals surface area contributed by atoms with Crippen molar-refractivity contribution in [2.75, 3.05) is 18.0 Å². The summed E-state index contributed by atoms with van der Waals surface area (Å²) < 4.78 is 9.00. The number of aryl methyl sites for hydroxylation is 2. The fourth-order valence-corrected chi connectivity index (χ4v) is 4.14. The number of fused-ring (bicyclic) bond motifs is 1. The minimum atomic E-state index is -0.566. The first-order valence-corrected chi connectivity index (χ1v) is 10.9. The topological polar surface area (TPSA) is 106 Å². The highest BCUT2D eigenvalue weighted by molar-refractivity contribution is 5.85. The maximum absolute atomic E-state index is 12.8. The second-order valence-electron chi connectivity index (χ2n) is 9.05. The molecule has 0 saturated carbocycles. The maximum atomic E-state index is 12.8. The number of amides is 1. The van der Waals surface area contributed by atoms with Crippen LogP contribution in [0.3, 0.4) is 0 Å². The van der Waals surface area contributed by atoms with Gasteiger partial charge in [-0.2, -0.15) is 4.98 Å². The quantitative estimate of drug-likeness (QED) is 0.784. The summed E-state index contributed by atoms with van der Waals surface area (Å²) in [5.41, 5.74) is 0.345. The van der Waals surface area contributed by atoms with Crippen LogP contribution in [0.25, 0.3) is 11.2 Å². The zero-order valence-electron chi connectivity index (χ0n) is 19.5. The van der Waals surface area contributed by atoms with Gasteiger partial charge in [0.25, 0.3) is 0 Å². The molecule has 2 atom stereocenters. The van der Waals surface area contributed by atoms with E-state index >= 15 is 0 Å². The number of imidazole rings is 1. The van der Waals surface area contributed by atoms with Crippen molar-refractivity contribution in [2.45, 2.75) is 85.8 Å². The third-order valence-electron chi connectivity index (χ3n) is 5.58. The lowest BCUT2D eigenvalue weighted by Crippen LogP contribution is -2.59. The van der Waals surface area contributed by atoms with Gasteiger partial charge in [-0.25, -0.2) is 14.6 Å². The molecule has 0 aromatic carbocycles. The highest BCUT2D eigenvalue weighted by atomic mass is 16.6. The van der Waals surface area contributed by atoms with Gasteiger partial charge in [0.1, 0.15) is 29.2 Å². The summed E-state index contributed by atoms with van der Waals surface area (Å²) in [6, 6.07) is -0.234. The molecule has 31 heavy (non-hydrogen) atoms. The molecule has 172 valence electrons. The van der Waals surface area contributed by atoms with E-state index in [2.05, 4.69) is 9.97 Å². The van der Waals surface area contributed by atoms with E-state index < -0.39 is 5.60 Å². The Bertz CT molecular complexity index is 1020. The predicted octanol–water partition coefficient (Wildman–Crippen LogP) is 1.96. The molecule has 1 saturated heterocycles. The van der Waals surface area contributed by atoms with Crippen LogP contribution in [-0.2, 0) is 24.4 Å². The first kappa shape index (κ1) is 23.1.